The van der Waals surface area contributed by atoms with E-state index in [9.17, 15) is 10.5 Å². The highest BCUT2D eigenvalue weighted by Crippen LogP contribution is 2.43. The first-order valence-electron chi connectivity index (χ1n) is 15.7. The van der Waals surface area contributed by atoms with Crippen LogP contribution in [-0.2, 0) is 0 Å². The molecule has 0 N–H and O–H groups in total. The molecular formula is C44H24N2O2. The number of furan rings is 2. The number of benzene rings is 7. The van der Waals surface area contributed by atoms with Crippen molar-refractivity contribution >= 4 is 43.9 Å². The molecule has 0 atom stereocenters. The Morgan fingerprint density at radius 2 is 0.917 bits per heavy atom. The van der Waals surface area contributed by atoms with Gasteiger partial charge >= 0.3 is 0 Å². The van der Waals surface area contributed by atoms with E-state index in [1.807, 2.05) is 78.9 Å². The van der Waals surface area contributed by atoms with E-state index in [0.29, 0.717) is 16.7 Å². The van der Waals surface area contributed by atoms with E-state index in [4.69, 9.17) is 8.83 Å². The minimum atomic E-state index is 0.594. The van der Waals surface area contributed by atoms with Crippen LogP contribution in [-0.4, -0.2) is 0 Å². The maximum atomic E-state index is 10.5. The molecule has 0 unspecified atom stereocenters. The van der Waals surface area contributed by atoms with E-state index in [1.54, 1.807) is 0 Å². The summed E-state index contributed by atoms with van der Waals surface area (Å²) in [5, 5.41) is 24.0. The minimum Gasteiger partial charge on any atom is -0.456 e. The fourth-order valence-corrected chi connectivity index (χ4v) is 6.96. The lowest BCUT2D eigenvalue weighted by Crippen LogP contribution is -1.93. The Morgan fingerprint density at radius 3 is 1.48 bits per heavy atom. The van der Waals surface area contributed by atoms with Crippen LogP contribution in [0.25, 0.3) is 88.4 Å². The Hall–Kier alpha value is -6.88. The topological polar surface area (TPSA) is 73.9 Å². The van der Waals surface area contributed by atoms with Crippen molar-refractivity contribution in [1.29, 1.82) is 10.5 Å². The SMILES string of the molecule is N#Cc1c(-c2ccccc2)cc(-c2cccc3oc4ccc(-c5ccc6oc7cccc(C#N)c7c6c5)cc4c23)cc1-c1ccccc1. The van der Waals surface area contributed by atoms with Crippen molar-refractivity contribution in [3.8, 4) is 56.6 Å². The van der Waals surface area contributed by atoms with Crippen LogP contribution in [0.15, 0.2) is 154 Å². The summed E-state index contributed by atoms with van der Waals surface area (Å²) >= 11 is 0. The Kier molecular flexibility index (Phi) is 6.22. The second-order valence-corrected chi connectivity index (χ2v) is 11.9. The third-order valence-electron chi connectivity index (χ3n) is 9.17. The van der Waals surface area contributed by atoms with Gasteiger partial charge in [-0.1, -0.05) is 91.0 Å². The number of nitrogens with zero attached hydrogens (tertiary/aromatic N) is 2. The zero-order valence-corrected chi connectivity index (χ0v) is 25.6. The molecule has 222 valence electrons. The van der Waals surface area contributed by atoms with Crippen LogP contribution in [0, 0.1) is 22.7 Å². The van der Waals surface area contributed by atoms with Crippen LogP contribution in [0.2, 0.25) is 0 Å². The van der Waals surface area contributed by atoms with Gasteiger partial charge in [0.05, 0.1) is 17.2 Å². The maximum absolute atomic E-state index is 10.5. The average Bonchev–Trinajstić information content (AvgIpc) is 3.72. The lowest BCUT2D eigenvalue weighted by atomic mass is 9.87. The quantitative estimate of drug-likeness (QED) is 0.198. The zero-order valence-electron chi connectivity index (χ0n) is 25.6. The first-order chi connectivity index (χ1) is 23.7. The van der Waals surface area contributed by atoms with Gasteiger partial charge in [0.15, 0.2) is 0 Å². The third-order valence-corrected chi connectivity index (χ3v) is 9.17. The summed E-state index contributed by atoms with van der Waals surface area (Å²) < 4.78 is 12.5. The van der Waals surface area contributed by atoms with Crippen molar-refractivity contribution < 1.29 is 8.83 Å². The summed E-state index contributed by atoms with van der Waals surface area (Å²) in [6, 6.07) is 53.4. The largest absolute Gasteiger partial charge is 0.456 e. The molecule has 4 heteroatoms. The summed E-state index contributed by atoms with van der Waals surface area (Å²) in [5.41, 5.74) is 12.1. The van der Waals surface area contributed by atoms with E-state index < -0.39 is 0 Å². The van der Waals surface area contributed by atoms with Gasteiger partial charge in [0.1, 0.15) is 28.4 Å². The summed E-state index contributed by atoms with van der Waals surface area (Å²) in [6.07, 6.45) is 0. The molecule has 0 spiro atoms. The lowest BCUT2D eigenvalue weighted by molar-refractivity contribution is 0.668. The zero-order chi connectivity index (χ0) is 32.2. The van der Waals surface area contributed by atoms with Crippen molar-refractivity contribution in [3.63, 3.8) is 0 Å². The molecule has 0 aliphatic rings. The van der Waals surface area contributed by atoms with Crippen LogP contribution in [0.3, 0.4) is 0 Å². The molecule has 0 aliphatic heterocycles. The highest BCUT2D eigenvalue weighted by Gasteiger charge is 2.19. The number of hydrogen-bond donors (Lipinski definition) is 0. The fraction of sp³-hybridized carbons (Fsp3) is 0. The molecule has 7 aromatic carbocycles. The molecule has 0 amide bonds. The predicted molar refractivity (Wildman–Crippen MR) is 192 cm³/mol. The van der Waals surface area contributed by atoms with E-state index in [-0.39, 0.29) is 0 Å². The molecule has 9 rings (SSSR count). The van der Waals surface area contributed by atoms with Crippen LogP contribution in [0.1, 0.15) is 11.1 Å². The Balaban J connectivity index is 1.28. The van der Waals surface area contributed by atoms with E-state index in [1.165, 1.54) is 0 Å². The lowest BCUT2D eigenvalue weighted by Gasteiger charge is -2.15. The molecule has 4 nitrogen and oxygen atoms in total. The normalized spacial score (nSPS) is 11.3. The van der Waals surface area contributed by atoms with Crippen molar-refractivity contribution in [2.24, 2.45) is 0 Å². The molecular weight excluding hydrogens is 588 g/mol. The van der Waals surface area contributed by atoms with Crippen LogP contribution in [0.4, 0.5) is 0 Å². The Morgan fingerprint density at radius 1 is 0.375 bits per heavy atom. The molecule has 48 heavy (non-hydrogen) atoms. The second kappa shape index (κ2) is 10.9. The molecule has 9 aromatic rings. The molecule has 0 bridgehead atoms. The number of fused-ring (bicyclic) bond motifs is 6. The van der Waals surface area contributed by atoms with Crippen molar-refractivity contribution in [2.45, 2.75) is 0 Å². The Bertz CT molecular complexity index is 2730. The third kappa shape index (κ3) is 4.29. The standard InChI is InChI=1S/C44H24N2O2/c45-25-31-13-7-15-41-43(31)36-21-29(17-19-39(36)47-41)30-18-20-40-37(22-30)44-33(14-8-16-42(44)48-40)32-23-34(27-9-3-1-4-10-27)38(26-46)35(24-32)28-11-5-2-6-12-28/h1-24H. The molecule has 0 saturated heterocycles. The van der Waals surface area contributed by atoms with Crippen LogP contribution < -0.4 is 0 Å². The first kappa shape index (κ1) is 27.4. The average molecular weight is 613 g/mol. The summed E-state index contributed by atoms with van der Waals surface area (Å²) in [4.78, 5) is 0. The molecule has 0 saturated carbocycles. The molecule has 0 aliphatic carbocycles. The van der Waals surface area contributed by atoms with Crippen LogP contribution >= 0.6 is 0 Å². The highest BCUT2D eigenvalue weighted by atomic mass is 16.3. The molecule has 2 heterocycles. The van der Waals surface area contributed by atoms with E-state index >= 15 is 0 Å². The van der Waals surface area contributed by atoms with Gasteiger partial charge in [-0.3, -0.25) is 0 Å². The van der Waals surface area contributed by atoms with Gasteiger partial charge < -0.3 is 8.83 Å². The van der Waals surface area contributed by atoms with E-state index in [0.717, 1.165) is 82.8 Å². The van der Waals surface area contributed by atoms with Crippen molar-refractivity contribution in [2.75, 3.05) is 0 Å². The van der Waals surface area contributed by atoms with Gasteiger partial charge in [0, 0.05) is 32.7 Å². The molecule has 0 fully saturated rings. The molecule has 2 aromatic heterocycles. The summed E-state index contributed by atoms with van der Waals surface area (Å²) in [7, 11) is 0. The van der Waals surface area contributed by atoms with Crippen molar-refractivity contribution in [3.05, 3.63) is 157 Å². The number of rotatable bonds is 4. The van der Waals surface area contributed by atoms with Gasteiger partial charge in [-0.15, -0.1) is 0 Å². The smallest absolute Gasteiger partial charge is 0.136 e. The van der Waals surface area contributed by atoms with Gasteiger partial charge in [-0.25, -0.2) is 0 Å². The summed E-state index contributed by atoms with van der Waals surface area (Å²) in [5.74, 6) is 0. The summed E-state index contributed by atoms with van der Waals surface area (Å²) in [6.45, 7) is 0. The molecule has 0 radical (unpaired) electrons. The second-order valence-electron chi connectivity index (χ2n) is 11.9. The van der Waals surface area contributed by atoms with Crippen LogP contribution in [0.5, 0.6) is 0 Å². The van der Waals surface area contributed by atoms with Gasteiger partial charge in [-0.2, -0.15) is 10.5 Å². The Labute approximate surface area is 275 Å². The number of nitriles is 2. The monoisotopic (exact) mass is 612 g/mol. The van der Waals surface area contributed by atoms with Gasteiger partial charge in [0.25, 0.3) is 0 Å². The predicted octanol–water partition coefficient (Wildman–Crippen LogP) is 11.9. The first-order valence-corrected chi connectivity index (χ1v) is 15.7. The minimum absolute atomic E-state index is 0.594. The van der Waals surface area contributed by atoms with E-state index in [2.05, 4.69) is 78.9 Å². The number of hydrogen-bond acceptors (Lipinski definition) is 4. The fourth-order valence-electron chi connectivity index (χ4n) is 6.96. The van der Waals surface area contributed by atoms with Gasteiger partial charge in [-0.05, 0) is 88.0 Å². The van der Waals surface area contributed by atoms with Gasteiger partial charge in [0.2, 0.25) is 0 Å². The maximum Gasteiger partial charge on any atom is 0.136 e. The van der Waals surface area contributed by atoms with Crippen molar-refractivity contribution in [1.82, 2.24) is 0 Å². The highest BCUT2D eigenvalue weighted by molar-refractivity contribution is 6.14.